The molecule has 17 heavy (non-hydrogen) atoms. The van der Waals surface area contributed by atoms with Crippen LogP contribution in [-0.2, 0) is 13.0 Å². The molecule has 0 radical (unpaired) electrons. The summed E-state index contributed by atoms with van der Waals surface area (Å²) in [6, 6.07) is 5.88. The SMILES string of the molecule is CC1Cc2c(cccc2-c2noc(CN)n2)O1. The van der Waals surface area contributed by atoms with E-state index in [4.69, 9.17) is 15.0 Å². The first-order valence-electron chi connectivity index (χ1n) is 5.59. The van der Waals surface area contributed by atoms with E-state index in [1.54, 1.807) is 0 Å². The van der Waals surface area contributed by atoms with Crippen LogP contribution >= 0.6 is 0 Å². The summed E-state index contributed by atoms with van der Waals surface area (Å²) in [5, 5.41) is 3.94. The van der Waals surface area contributed by atoms with Crippen LogP contribution in [0.3, 0.4) is 0 Å². The summed E-state index contributed by atoms with van der Waals surface area (Å²) < 4.78 is 10.7. The number of benzene rings is 1. The zero-order valence-corrected chi connectivity index (χ0v) is 9.51. The number of rotatable bonds is 2. The molecule has 0 saturated carbocycles. The van der Waals surface area contributed by atoms with Gasteiger partial charge in [0.1, 0.15) is 11.9 Å². The molecule has 3 rings (SSSR count). The molecule has 1 unspecified atom stereocenters. The number of fused-ring (bicyclic) bond motifs is 1. The molecule has 5 nitrogen and oxygen atoms in total. The third-order valence-electron chi connectivity index (χ3n) is 2.84. The zero-order chi connectivity index (χ0) is 11.8. The molecule has 2 N–H and O–H groups in total. The fourth-order valence-corrected chi connectivity index (χ4v) is 2.09. The molecular formula is C12H13N3O2. The van der Waals surface area contributed by atoms with Crippen LogP contribution < -0.4 is 10.5 Å². The Morgan fingerprint density at radius 2 is 2.35 bits per heavy atom. The number of ether oxygens (including phenoxy) is 1. The highest BCUT2D eigenvalue weighted by molar-refractivity contribution is 5.65. The van der Waals surface area contributed by atoms with Crippen molar-refractivity contribution in [3.8, 4) is 17.1 Å². The maximum Gasteiger partial charge on any atom is 0.240 e. The Labute approximate surface area is 98.6 Å². The molecule has 1 aromatic heterocycles. The second kappa shape index (κ2) is 3.85. The van der Waals surface area contributed by atoms with Gasteiger partial charge in [-0.15, -0.1) is 0 Å². The number of hydrogen-bond donors (Lipinski definition) is 1. The summed E-state index contributed by atoms with van der Waals surface area (Å²) in [7, 11) is 0. The molecule has 1 atom stereocenters. The van der Waals surface area contributed by atoms with Gasteiger partial charge < -0.3 is 15.0 Å². The van der Waals surface area contributed by atoms with Crippen molar-refractivity contribution in [1.29, 1.82) is 0 Å². The molecular weight excluding hydrogens is 218 g/mol. The lowest BCUT2D eigenvalue weighted by Crippen LogP contribution is -2.05. The van der Waals surface area contributed by atoms with E-state index in [1.807, 2.05) is 25.1 Å². The summed E-state index contributed by atoms with van der Waals surface area (Å²) >= 11 is 0. The van der Waals surface area contributed by atoms with Crippen LogP contribution in [0, 0.1) is 0 Å². The van der Waals surface area contributed by atoms with Gasteiger partial charge in [0.25, 0.3) is 0 Å². The van der Waals surface area contributed by atoms with Gasteiger partial charge in [0.2, 0.25) is 11.7 Å². The molecule has 0 spiro atoms. The lowest BCUT2D eigenvalue weighted by Gasteiger charge is -2.02. The predicted octanol–water partition coefficient (Wildman–Crippen LogP) is 1.52. The quantitative estimate of drug-likeness (QED) is 0.848. The highest BCUT2D eigenvalue weighted by Gasteiger charge is 2.24. The zero-order valence-electron chi connectivity index (χ0n) is 9.51. The Morgan fingerprint density at radius 3 is 3.12 bits per heavy atom. The summed E-state index contributed by atoms with van der Waals surface area (Å²) in [5.41, 5.74) is 7.57. The molecule has 88 valence electrons. The summed E-state index contributed by atoms with van der Waals surface area (Å²) in [5.74, 6) is 1.94. The summed E-state index contributed by atoms with van der Waals surface area (Å²) in [6.07, 6.45) is 1.07. The predicted molar refractivity (Wildman–Crippen MR) is 61.4 cm³/mol. The molecule has 2 aromatic rings. The lowest BCUT2D eigenvalue weighted by atomic mass is 10.0. The molecule has 0 amide bonds. The number of aromatic nitrogens is 2. The molecule has 0 aliphatic carbocycles. The van der Waals surface area contributed by atoms with Gasteiger partial charge >= 0.3 is 0 Å². The van der Waals surface area contributed by atoms with Gasteiger partial charge in [0.15, 0.2) is 0 Å². The van der Waals surface area contributed by atoms with Crippen LogP contribution in [0.25, 0.3) is 11.4 Å². The minimum atomic E-state index is 0.201. The Hall–Kier alpha value is -1.88. The maximum absolute atomic E-state index is 5.69. The Bertz CT molecular complexity index is 550. The van der Waals surface area contributed by atoms with E-state index in [1.165, 1.54) is 0 Å². The van der Waals surface area contributed by atoms with Gasteiger partial charge in [-0.3, -0.25) is 0 Å². The minimum Gasteiger partial charge on any atom is -0.490 e. The molecule has 1 aliphatic heterocycles. The van der Waals surface area contributed by atoms with Crippen molar-refractivity contribution in [2.75, 3.05) is 0 Å². The Kier molecular flexibility index (Phi) is 2.33. The van der Waals surface area contributed by atoms with E-state index in [9.17, 15) is 0 Å². The van der Waals surface area contributed by atoms with Crippen molar-refractivity contribution in [1.82, 2.24) is 10.1 Å². The van der Waals surface area contributed by atoms with Gasteiger partial charge in [-0.25, -0.2) is 0 Å². The topological polar surface area (TPSA) is 74.2 Å². The number of hydrogen-bond acceptors (Lipinski definition) is 5. The summed E-state index contributed by atoms with van der Waals surface area (Å²) in [6.45, 7) is 2.31. The van der Waals surface area contributed by atoms with E-state index < -0.39 is 0 Å². The van der Waals surface area contributed by atoms with Crippen LogP contribution in [0.2, 0.25) is 0 Å². The lowest BCUT2D eigenvalue weighted by molar-refractivity contribution is 0.254. The molecule has 1 aliphatic rings. The standard InChI is InChI=1S/C12H13N3O2/c1-7-5-9-8(3-2-4-10(9)16-7)12-14-11(6-13)17-15-12/h2-4,7H,5-6,13H2,1H3. The third-order valence-corrected chi connectivity index (χ3v) is 2.84. The summed E-state index contributed by atoms with van der Waals surface area (Å²) in [4.78, 5) is 4.24. The van der Waals surface area contributed by atoms with Gasteiger partial charge in [-0.2, -0.15) is 4.98 Å². The number of nitrogens with zero attached hydrogens (tertiary/aromatic N) is 2. The first-order chi connectivity index (χ1) is 8.28. The first-order valence-corrected chi connectivity index (χ1v) is 5.59. The van der Waals surface area contributed by atoms with Crippen molar-refractivity contribution in [3.05, 3.63) is 29.7 Å². The van der Waals surface area contributed by atoms with Crippen LogP contribution in [0.15, 0.2) is 22.7 Å². The second-order valence-corrected chi connectivity index (χ2v) is 4.13. The normalized spacial score (nSPS) is 17.9. The fourth-order valence-electron chi connectivity index (χ4n) is 2.09. The fraction of sp³-hybridized carbons (Fsp3) is 0.333. The van der Waals surface area contributed by atoms with E-state index in [-0.39, 0.29) is 12.6 Å². The van der Waals surface area contributed by atoms with Crippen LogP contribution in [0.4, 0.5) is 0 Å². The van der Waals surface area contributed by atoms with E-state index >= 15 is 0 Å². The first kappa shape index (κ1) is 10.3. The smallest absolute Gasteiger partial charge is 0.240 e. The molecule has 5 heteroatoms. The highest BCUT2D eigenvalue weighted by Crippen LogP contribution is 2.35. The van der Waals surface area contributed by atoms with Crippen LogP contribution in [0.5, 0.6) is 5.75 Å². The van der Waals surface area contributed by atoms with Crippen molar-refractivity contribution < 1.29 is 9.26 Å². The van der Waals surface area contributed by atoms with E-state index in [2.05, 4.69) is 10.1 Å². The molecule has 2 heterocycles. The molecule has 1 aromatic carbocycles. The minimum absolute atomic E-state index is 0.201. The second-order valence-electron chi connectivity index (χ2n) is 4.13. The monoisotopic (exact) mass is 231 g/mol. The average Bonchev–Trinajstić information content (AvgIpc) is 2.92. The van der Waals surface area contributed by atoms with E-state index in [0.29, 0.717) is 11.7 Å². The highest BCUT2D eigenvalue weighted by atomic mass is 16.5. The molecule has 0 saturated heterocycles. The van der Waals surface area contributed by atoms with Gasteiger partial charge in [-0.1, -0.05) is 17.3 Å². The Morgan fingerprint density at radius 1 is 1.47 bits per heavy atom. The number of nitrogens with two attached hydrogens (primary N) is 1. The average molecular weight is 231 g/mol. The largest absolute Gasteiger partial charge is 0.490 e. The molecule has 0 fully saturated rings. The molecule has 0 bridgehead atoms. The van der Waals surface area contributed by atoms with Crippen molar-refractivity contribution in [2.45, 2.75) is 26.0 Å². The third kappa shape index (κ3) is 1.68. The van der Waals surface area contributed by atoms with Gasteiger partial charge in [-0.05, 0) is 13.0 Å². The maximum atomic E-state index is 5.69. The van der Waals surface area contributed by atoms with Gasteiger partial charge in [0, 0.05) is 17.5 Å². The van der Waals surface area contributed by atoms with Crippen LogP contribution in [0.1, 0.15) is 18.4 Å². The van der Waals surface area contributed by atoms with Gasteiger partial charge in [0.05, 0.1) is 6.54 Å². The van der Waals surface area contributed by atoms with Crippen molar-refractivity contribution >= 4 is 0 Å². The van der Waals surface area contributed by atoms with E-state index in [0.717, 1.165) is 23.3 Å². The van der Waals surface area contributed by atoms with Crippen molar-refractivity contribution in [2.24, 2.45) is 5.73 Å². The van der Waals surface area contributed by atoms with Crippen LogP contribution in [-0.4, -0.2) is 16.2 Å². The Balaban J connectivity index is 2.07. The van der Waals surface area contributed by atoms with Crippen molar-refractivity contribution in [3.63, 3.8) is 0 Å².